The van der Waals surface area contributed by atoms with Crippen molar-refractivity contribution < 1.29 is 14.3 Å². The lowest BCUT2D eigenvalue weighted by atomic mass is 10.1. The van der Waals surface area contributed by atoms with Gasteiger partial charge in [0.15, 0.2) is 11.5 Å². The fourth-order valence-corrected chi connectivity index (χ4v) is 4.10. The van der Waals surface area contributed by atoms with Gasteiger partial charge >= 0.3 is 0 Å². The number of aromatic nitrogens is 4. The van der Waals surface area contributed by atoms with E-state index >= 15 is 0 Å². The normalized spacial score (nSPS) is 11.1. The summed E-state index contributed by atoms with van der Waals surface area (Å²) in [5.74, 6) is 1.61. The largest absolute Gasteiger partial charge is 0.493 e. The lowest BCUT2D eigenvalue weighted by Crippen LogP contribution is -2.14. The zero-order valence-electron chi connectivity index (χ0n) is 21.3. The van der Waals surface area contributed by atoms with Crippen LogP contribution in [0.3, 0.4) is 0 Å². The van der Waals surface area contributed by atoms with Crippen molar-refractivity contribution in [2.24, 2.45) is 0 Å². The van der Waals surface area contributed by atoms with Crippen LogP contribution in [0.15, 0.2) is 60.8 Å². The van der Waals surface area contributed by atoms with Crippen LogP contribution in [0.1, 0.15) is 33.6 Å². The molecule has 8 heteroatoms. The Hall–Kier alpha value is -4.33. The van der Waals surface area contributed by atoms with E-state index in [0.717, 1.165) is 22.5 Å². The molecule has 4 rings (SSSR count). The molecule has 0 saturated heterocycles. The molecule has 0 fully saturated rings. The molecule has 4 aromatic rings. The number of ether oxygens (including phenoxy) is 2. The maximum atomic E-state index is 12.8. The summed E-state index contributed by atoms with van der Waals surface area (Å²) < 4.78 is 14.6. The van der Waals surface area contributed by atoms with Gasteiger partial charge in [0, 0.05) is 29.0 Å². The van der Waals surface area contributed by atoms with Crippen molar-refractivity contribution in [3.8, 4) is 11.5 Å². The summed E-state index contributed by atoms with van der Waals surface area (Å²) in [7, 11) is 3.20. The Balaban J connectivity index is 1.46. The molecule has 0 spiro atoms. The third kappa shape index (κ3) is 5.49. The summed E-state index contributed by atoms with van der Waals surface area (Å²) in [5, 5.41) is 11.9. The summed E-state index contributed by atoms with van der Waals surface area (Å²) in [6.45, 7) is 7.13. The molecule has 0 aliphatic heterocycles. The highest BCUT2D eigenvalue weighted by Gasteiger charge is 2.14. The maximum Gasteiger partial charge on any atom is 0.249 e. The number of anilines is 1. The maximum absolute atomic E-state index is 12.8. The van der Waals surface area contributed by atoms with E-state index in [9.17, 15) is 4.79 Å². The second-order valence-electron chi connectivity index (χ2n) is 8.58. The SMILES string of the molecule is COc1cccc(Cn2nccc2NC(=O)/C=C/c2c(C)nn(Cc3ccc(C)cc3)c2C)c1OC. The molecule has 2 aromatic heterocycles. The van der Waals surface area contributed by atoms with Crippen molar-refractivity contribution >= 4 is 17.8 Å². The van der Waals surface area contributed by atoms with Gasteiger partial charge in [-0.3, -0.25) is 9.48 Å². The van der Waals surface area contributed by atoms with Gasteiger partial charge in [-0.15, -0.1) is 0 Å². The van der Waals surface area contributed by atoms with Gasteiger partial charge in [-0.2, -0.15) is 10.2 Å². The van der Waals surface area contributed by atoms with Gasteiger partial charge in [-0.05, 0) is 38.5 Å². The smallest absolute Gasteiger partial charge is 0.249 e. The Morgan fingerprint density at radius 2 is 1.75 bits per heavy atom. The van der Waals surface area contributed by atoms with E-state index in [2.05, 4.69) is 46.7 Å². The van der Waals surface area contributed by atoms with Crippen LogP contribution in [0.25, 0.3) is 6.08 Å². The first-order valence-corrected chi connectivity index (χ1v) is 11.7. The number of nitrogens with zero attached hydrogens (tertiary/aromatic N) is 4. The van der Waals surface area contributed by atoms with Crippen molar-refractivity contribution in [3.05, 3.63) is 94.4 Å². The van der Waals surface area contributed by atoms with Gasteiger partial charge in [0.2, 0.25) is 5.91 Å². The third-order valence-electron chi connectivity index (χ3n) is 6.06. The monoisotopic (exact) mass is 485 g/mol. The minimum absolute atomic E-state index is 0.251. The Kier molecular flexibility index (Phi) is 7.53. The van der Waals surface area contributed by atoms with Gasteiger partial charge < -0.3 is 14.8 Å². The highest BCUT2D eigenvalue weighted by atomic mass is 16.5. The number of carbonyl (C=O) groups excluding carboxylic acids is 1. The molecule has 186 valence electrons. The second-order valence-corrected chi connectivity index (χ2v) is 8.58. The van der Waals surface area contributed by atoms with Crippen LogP contribution in [0.2, 0.25) is 0 Å². The van der Waals surface area contributed by atoms with Crippen LogP contribution >= 0.6 is 0 Å². The van der Waals surface area contributed by atoms with Crippen LogP contribution in [-0.4, -0.2) is 39.7 Å². The minimum atomic E-state index is -0.251. The molecule has 8 nitrogen and oxygen atoms in total. The van der Waals surface area contributed by atoms with Gasteiger partial charge in [0.25, 0.3) is 0 Å². The number of nitrogens with one attached hydrogen (secondary N) is 1. The van der Waals surface area contributed by atoms with Crippen LogP contribution in [-0.2, 0) is 17.9 Å². The first kappa shape index (κ1) is 24.8. The van der Waals surface area contributed by atoms with Crippen LogP contribution in [0.5, 0.6) is 11.5 Å². The Bertz CT molecular complexity index is 1380. The highest BCUT2D eigenvalue weighted by Crippen LogP contribution is 2.31. The fraction of sp³-hybridized carbons (Fsp3) is 0.250. The summed E-state index contributed by atoms with van der Waals surface area (Å²) in [6, 6.07) is 15.8. The van der Waals surface area contributed by atoms with Crippen molar-refractivity contribution in [2.75, 3.05) is 19.5 Å². The molecule has 2 aromatic carbocycles. The van der Waals surface area contributed by atoms with Crippen molar-refractivity contribution in [3.63, 3.8) is 0 Å². The number of hydrogen-bond donors (Lipinski definition) is 1. The van der Waals surface area contributed by atoms with E-state index in [1.54, 1.807) is 31.2 Å². The predicted octanol–water partition coefficient (Wildman–Crippen LogP) is 4.77. The van der Waals surface area contributed by atoms with Gasteiger partial charge in [0.1, 0.15) is 5.82 Å². The number of benzene rings is 2. The van der Waals surface area contributed by atoms with Gasteiger partial charge in [-0.25, -0.2) is 4.68 Å². The quantitative estimate of drug-likeness (QED) is 0.345. The van der Waals surface area contributed by atoms with Crippen molar-refractivity contribution in [2.45, 2.75) is 33.9 Å². The summed E-state index contributed by atoms with van der Waals surface area (Å²) in [4.78, 5) is 12.8. The molecule has 1 amide bonds. The number of rotatable bonds is 9. The average molecular weight is 486 g/mol. The number of carbonyl (C=O) groups is 1. The number of amides is 1. The van der Waals surface area contributed by atoms with E-state index in [4.69, 9.17) is 9.47 Å². The predicted molar refractivity (Wildman–Crippen MR) is 141 cm³/mol. The molecule has 0 saturated carbocycles. The van der Waals surface area contributed by atoms with Crippen LogP contribution in [0, 0.1) is 20.8 Å². The lowest BCUT2D eigenvalue weighted by molar-refractivity contribution is -0.111. The number of para-hydroxylation sites is 1. The highest BCUT2D eigenvalue weighted by molar-refractivity contribution is 6.01. The molecule has 36 heavy (non-hydrogen) atoms. The molecule has 0 unspecified atom stereocenters. The molecule has 0 atom stereocenters. The molecule has 0 radical (unpaired) electrons. The third-order valence-corrected chi connectivity index (χ3v) is 6.06. The van der Waals surface area contributed by atoms with E-state index in [0.29, 0.717) is 30.4 Å². The topological polar surface area (TPSA) is 83.2 Å². The number of aryl methyl sites for hydroxylation is 2. The summed E-state index contributed by atoms with van der Waals surface area (Å²) >= 11 is 0. The molecular formula is C28H31N5O3. The molecule has 0 bridgehead atoms. The van der Waals surface area contributed by atoms with E-state index in [1.807, 2.05) is 42.8 Å². The number of methoxy groups -OCH3 is 2. The molecule has 0 aliphatic carbocycles. The lowest BCUT2D eigenvalue weighted by Gasteiger charge is -2.14. The average Bonchev–Trinajstić information content (AvgIpc) is 3.41. The van der Waals surface area contributed by atoms with Crippen molar-refractivity contribution in [1.82, 2.24) is 19.6 Å². The molecule has 2 heterocycles. The zero-order chi connectivity index (χ0) is 25.7. The molecule has 0 aliphatic rings. The summed E-state index contributed by atoms with van der Waals surface area (Å²) in [5.41, 5.74) is 6.11. The number of hydrogen-bond acceptors (Lipinski definition) is 5. The molecular weight excluding hydrogens is 454 g/mol. The zero-order valence-corrected chi connectivity index (χ0v) is 21.3. The first-order valence-electron chi connectivity index (χ1n) is 11.7. The molecule has 1 N–H and O–H groups in total. The van der Waals surface area contributed by atoms with Gasteiger partial charge in [-0.1, -0.05) is 42.0 Å². The van der Waals surface area contributed by atoms with E-state index < -0.39 is 0 Å². The Labute approximate surface area is 211 Å². The summed E-state index contributed by atoms with van der Waals surface area (Å²) in [6.07, 6.45) is 4.98. The van der Waals surface area contributed by atoms with Crippen LogP contribution < -0.4 is 14.8 Å². The fourth-order valence-electron chi connectivity index (χ4n) is 4.10. The van der Waals surface area contributed by atoms with Gasteiger partial charge in [0.05, 0.1) is 39.2 Å². The van der Waals surface area contributed by atoms with Crippen LogP contribution in [0.4, 0.5) is 5.82 Å². The minimum Gasteiger partial charge on any atom is -0.493 e. The first-order chi connectivity index (χ1) is 17.4. The van der Waals surface area contributed by atoms with E-state index in [1.165, 1.54) is 17.2 Å². The van der Waals surface area contributed by atoms with Crippen molar-refractivity contribution in [1.29, 1.82) is 0 Å². The Morgan fingerprint density at radius 3 is 2.47 bits per heavy atom. The van der Waals surface area contributed by atoms with E-state index in [-0.39, 0.29) is 5.91 Å². The Morgan fingerprint density at radius 1 is 0.972 bits per heavy atom. The standard InChI is InChI=1S/C28H31N5O3/c1-19-9-11-22(12-10-19)17-32-21(3)24(20(2)31-32)13-14-27(34)30-26-15-16-29-33(26)18-23-7-6-8-25(35-4)28(23)36-5/h6-16H,17-18H2,1-5H3,(H,30,34)/b14-13+. The second kappa shape index (κ2) is 10.9.